The van der Waals surface area contributed by atoms with Crippen molar-refractivity contribution in [1.82, 2.24) is 0 Å². The van der Waals surface area contributed by atoms with Crippen LogP contribution in [-0.2, 0) is 11.1 Å². The molecule has 0 amide bonds. The zero-order valence-corrected chi connectivity index (χ0v) is 21.1. The Morgan fingerprint density at radius 3 is 0.941 bits per heavy atom. The van der Waals surface area contributed by atoms with E-state index in [2.05, 4.69) is 152 Å². The highest BCUT2D eigenvalue weighted by Crippen LogP contribution is 2.64. The predicted molar refractivity (Wildman–Crippen MR) is 145 cm³/mol. The van der Waals surface area contributed by atoms with Crippen LogP contribution in [0.3, 0.4) is 0 Å². The van der Waals surface area contributed by atoms with E-state index in [1.54, 1.807) is 0 Å². The fourth-order valence-electron chi connectivity index (χ4n) is 3.97. The molecule has 168 valence electrons. The molecule has 0 N–H and O–H groups in total. The highest BCUT2D eigenvalue weighted by Gasteiger charge is 2.43. The monoisotopic (exact) mass is 497 g/mol. The maximum atomic E-state index is 5.90. The van der Waals surface area contributed by atoms with E-state index in [4.69, 9.17) is 4.49 Å². The van der Waals surface area contributed by atoms with Crippen molar-refractivity contribution >= 4 is 34.4 Å². The van der Waals surface area contributed by atoms with E-state index in [1.165, 1.54) is 25.7 Å². The number of hydrogen-bond acceptors (Lipinski definition) is 0. The summed E-state index contributed by atoms with van der Waals surface area (Å²) in [5.41, 5.74) is 0. The van der Waals surface area contributed by atoms with Gasteiger partial charge in [-0.2, -0.15) is 0 Å². The highest BCUT2D eigenvalue weighted by molar-refractivity contribution is 8.15. The van der Waals surface area contributed by atoms with Crippen molar-refractivity contribution < 1.29 is 12.4 Å². The first-order chi connectivity index (χ1) is 16.4. The van der Waals surface area contributed by atoms with Gasteiger partial charge in [-0.05, 0) is 60.7 Å². The maximum absolute atomic E-state index is 5.90. The normalized spacial score (nSPS) is 11.1. The molecule has 0 aliphatic rings. The second kappa shape index (κ2) is 11.5. The molecule has 0 aliphatic heterocycles. The van der Waals surface area contributed by atoms with Gasteiger partial charge in [-0.25, -0.2) is 4.49 Å². The van der Waals surface area contributed by atoms with Gasteiger partial charge >= 0.3 is 0 Å². The summed E-state index contributed by atoms with van der Waals surface area (Å²) in [7, 11) is -2.30. The van der Waals surface area contributed by atoms with Gasteiger partial charge in [-0.1, -0.05) is 91.0 Å². The fraction of sp³-hybridized carbons (Fsp3) is 0. The van der Waals surface area contributed by atoms with Crippen LogP contribution in [0.4, 0.5) is 0 Å². The van der Waals surface area contributed by atoms with Gasteiger partial charge in [0.15, 0.2) is 0 Å². The first-order valence-corrected chi connectivity index (χ1v) is 13.9. The molecule has 0 unspecified atom stereocenters. The van der Waals surface area contributed by atoms with Crippen LogP contribution in [0.5, 0.6) is 0 Å². The van der Waals surface area contributed by atoms with Crippen LogP contribution in [0.2, 0.25) is 0 Å². The molecule has 0 aliphatic carbocycles. The van der Waals surface area contributed by atoms with Gasteiger partial charge in [0, 0.05) is 11.1 Å². The minimum atomic E-state index is -2.30. The van der Waals surface area contributed by atoms with Crippen LogP contribution >= 0.6 is 7.41 Å². The second-order valence-corrected chi connectivity index (χ2v) is 12.6. The van der Waals surface area contributed by atoms with E-state index in [0.29, 0.717) is 0 Å². The number of hydrogen-bond donors (Lipinski definition) is 0. The molecular formula is C30H25ClNPS. The molecule has 5 aromatic rings. The largest absolute Gasteiger partial charge is 1.00 e. The zero-order chi connectivity index (χ0) is 22.3. The van der Waals surface area contributed by atoms with Crippen molar-refractivity contribution in [3.8, 4) is 0 Å². The lowest BCUT2D eigenvalue weighted by atomic mass is 10.4. The highest BCUT2D eigenvalue weighted by atomic mass is 35.5. The molecular weight excluding hydrogens is 473 g/mol. The minimum absolute atomic E-state index is 0. The Labute approximate surface area is 212 Å². The number of benzene rings is 5. The van der Waals surface area contributed by atoms with Crippen molar-refractivity contribution in [3.63, 3.8) is 0 Å². The molecule has 0 bridgehead atoms. The summed E-state index contributed by atoms with van der Waals surface area (Å²) in [4.78, 5) is 2.46. The topological polar surface area (TPSA) is 14.1 Å². The van der Waals surface area contributed by atoms with E-state index >= 15 is 0 Å². The Hall–Kier alpha value is -2.87. The first kappa shape index (κ1) is 24.3. The zero-order valence-electron chi connectivity index (χ0n) is 18.6. The molecule has 0 fully saturated rings. The van der Waals surface area contributed by atoms with E-state index in [9.17, 15) is 0 Å². The van der Waals surface area contributed by atoms with E-state index in [0.717, 1.165) is 0 Å². The summed E-state index contributed by atoms with van der Waals surface area (Å²) in [5.74, 6) is 0. The summed E-state index contributed by atoms with van der Waals surface area (Å²) in [6, 6.07) is 53.9. The maximum Gasteiger partial charge on any atom is 0.150 e. The number of nitrogens with zero attached hydrogens (tertiary/aromatic N) is 1. The van der Waals surface area contributed by atoms with Gasteiger partial charge in [0.2, 0.25) is 0 Å². The molecule has 1 nitrogen and oxygen atoms in total. The van der Waals surface area contributed by atoms with Crippen LogP contribution < -0.4 is 28.3 Å². The molecule has 5 rings (SSSR count). The van der Waals surface area contributed by atoms with Gasteiger partial charge in [-0.15, -0.1) is 0 Å². The van der Waals surface area contributed by atoms with Gasteiger partial charge in [0.1, 0.15) is 9.79 Å². The molecule has 0 aromatic heterocycles. The summed E-state index contributed by atoms with van der Waals surface area (Å²) in [6.07, 6.45) is 0. The van der Waals surface area contributed by atoms with E-state index < -0.39 is 18.5 Å². The number of halogens is 1. The predicted octanol–water partition coefficient (Wildman–Crippen LogP) is 3.92. The molecule has 4 heteroatoms. The van der Waals surface area contributed by atoms with Crippen LogP contribution in [0.15, 0.2) is 161 Å². The van der Waals surface area contributed by atoms with Crippen molar-refractivity contribution in [2.75, 3.05) is 0 Å². The second-order valence-electron chi connectivity index (χ2n) is 7.63. The van der Waals surface area contributed by atoms with Gasteiger partial charge < -0.3 is 12.4 Å². The Bertz CT molecular complexity index is 1130. The first-order valence-electron chi connectivity index (χ1n) is 11.0. The van der Waals surface area contributed by atoms with Crippen molar-refractivity contribution in [3.05, 3.63) is 156 Å². The Balaban J connectivity index is 0.00000274. The summed E-state index contributed by atoms with van der Waals surface area (Å²) in [6.45, 7) is 0. The smallest absolute Gasteiger partial charge is 0.150 e. The van der Waals surface area contributed by atoms with Crippen molar-refractivity contribution in [2.24, 2.45) is 0 Å². The lowest BCUT2D eigenvalue weighted by Gasteiger charge is -2.36. The Morgan fingerprint density at radius 2 is 0.647 bits per heavy atom. The van der Waals surface area contributed by atoms with Gasteiger partial charge in [0.25, 0.3) is 0 Å². The Kier molecular flexibility index (Phi) is 8.21. The SMILES string of the molecule is [Cl-].c1ccc([S+]([N-][P+](c2ccccc2)(c2ccccc2)c2ccccc2)c2ccccc2)cc1. The van der Waals surface area contributed by atoms with Crippen molar-refractivity contribution in [1.29, 1.82) is 0 Å². The molecule has 0 radical (unpaired) electrons. The summed E-state index contributed by atoms with van der Waals surface area (Å²) >= 11 is -0.448. The van der Waals surface area contributed by atoms with E-state index in [-0.39, 0.29) is 12.4 Å². The molecule has 0 spiro atoms. The molecule has 5 aromatic carbocycles. The van der Waals surface area contributed by atoms with Crippen LogP contribution in [-0.4, -0.2) is 0 Å². The summed E-state index contributed by atoms with van der Waals surface area (Å²) < 4.78 is 5.90. The lowest BCUT2D eigenvalue weighted by molar-refractivity contribution is -0.00000630. The molecule has 0 atom stereocenters. The average Bonchev–Trinajstić information content (AvgIpc) is 2.92. The van der Waals surface area contributed by atoms with Crippen LogP contribution in [0.25, 0.3) is 4.49 Å². The summed E-state index contributed by atoms with van der Waals surface area (Å²) in [5, 5.41) is 3.81. The lowest BCUT2D eigenvalue weighted by Crippen LogP contribution is -3.00. The van der Waals surface area contributed by atoms with E-state index in [1.807, 2.05) is 0 Å². The van der Waals surface area contributed by atoms with Crippen LogP contribution in [0, 0.1) is 0 Å². The number of rotatable bonds is 7. The van der Waals surface area contributed by atoms with Crippen molar-refractivity contribution in [2.45, 2.75) is 9.79 Å². The fourth-order valence-corrected chi connectivity index (χ4v) is 10.6. The third kappa shape index (κ3) is 4.97. The standard InChI is InChI=1S/C30H25NPS.ClH/c1-6-16-26(17-7-1)32(27-18-8-2-9-19-27,28-20-10-3-11-21-28)31-33(29-22-12-4-13-23-29)30-24-14-5-15-25-30;/h1-25H;1H/q+1;/p-1. The van der Waals surface area contributed by atoms with Gasteiger partial charge in [-0.3, -0.25) is 0 Å². The quantitative estimate of drug-likeness (QED) is 0.239. The third-order valence-corrected chi connectivity index (χ3v) is 11.7. The van der Waals surface area contributed by atoms with Gasteiger partial charge in [0.05, 0.1) is 23.3 Å². The third-order valence-electron chi connectivity index (χ3n) is 5.53. The minimum Gasteiger partial charge on any atom is -1.00 e. The molecule has 0 saturated heterocycles. The molecule has 0 heterocycles. The van der Waals surface area contributed by atoms with Crippen LogP contribution in [0.1, 0.15) is 0 Å². The average molecular weight is 498 g/mol. The molecule has 34 heavy (non-hydrogen) atoms. The molecule has 0 saturated carbocycles. The Morgan fingerprint density at radius 1 is 0.382 bits per heavy atom.